The van der Waals surface area contributed by atoms with Crippen LogP contribution in [0, 0.1) is 0 Å². The zero-order valence-corrected chi connectivity index (χ0v) is 10.2. The number of hydrogen-bond acceptors (Lipinski definition) is 5. The number of nitrogens with two attached hydrogens (primary N) is 1. The van der Waals surface area contributed by atoms with Gasteiger partial charge in [0, 0.05) is 12.1 Å². The van der Waals surface area contributed by atoms with Crippen LogP contribution in [-0.4, -0.2) is 25.7 Å². The molecule has 2 rings (SSSR count). The van der Waals surface area contributed by atoms with E-state index in [-0.39, 0.29) is 23.5 Å². The van der Waals surface area contributed by atoms with Crippen LogP contribution in [0.4, 0.5) is 11.6 Å². The summed E-state index contributed by atoms with van der Waals surface area (Å²) in [6.45, 7) is 3.96. The van der Waals surface area contributed by atoms with Crippen LogP contribution in [0.15, 0.2) is 24.7 Å². The van der Waals surface area contributed by atoms with Gasteiger partial charge in [-0.3, -0.25) is 4.79 Å². The molecule has 0 aliphatic heterocycles. The summed E-state index contributed by atoms with van der Waals surface area (Å²) in [5.41, 5.74) is 5.62. The van der Waals surface area contributed by atoms with E-state index in [4.69, 9.17) is 5.73 Å². The van der Waals surface area contributed by atoms with Gasteiger partial charge in [0.1, 0.15) is 17.3 Å². The van der Waals surface area contributed by atoms with Gasteiger partial charge in [-0.1, -0.05) is 0 Å². The smallest absolute Gasteiger partial charge is 0.277 e. The van der Waals surface area contributed by atoms with Crippen LogP contribution in [0.25, 0.3) is 0 Å². The molecule has 7 nitrogen and oxygen atoms in total. The van der Waals surface area contributed by atoms with Gasteiger partial charge < -0.3 is 11.1 Å². The van der Waals surface area contributed by atoms with E-state index in [0.717, 1.165) is 0 Å². The molecule has 3 N–H and O–H groups in total. The van der Waals surface area contributed by atoms with Crippen LogP contribution >= 0.6 is 0 Å². The lowest BCUT2D eigenvalue weighted by Gasteiger charge is -2.11. The summed E-state index contributed by atoms with van der Waals surface area (Å²) in [6.07, 6.45) is 4.31. The number of aromatic nitrogens is 4. The molecule has 0 radical (unpaired) electrons. The van der Waals surface area contributed by atoms with E-state index in [1.54, 1.807) is 16.9 Å². The van der Waals surface area contributed by atoms with Gasteiger partial charge >= 0.3 is 0 Å². The maximum atomic E-state index is 11.9. The molecular formula is C11H14N6O. The summed E-state index contributed by atoms with van der Waals surface area (Å²) in [4.78, 5) is 19.6. The summed E-state index contributed by atoms with van der Waals surface area (Å²) < 4.78 is 1.71. The second-order valence-corrected chi connectivity index (χ2v) is 4.04. The number of carbonyl (C=O) groups is 1. The lowest BCUT2D eigenvalue weighted by Crippen LogP contribution is -2.18. The Balaban J connectivity index is 2.16. The van der Waals surface area contributed by atoms with Crippen molar-refractivity contribution in [3.63, 3.8) is 0 Å². The fourth-order valence-electron chi connectivity index (χ4n) is 1.46. The minimum atomic E-state index is -0.343. The van der Waals surface area contributed by atoms with Crippen molar-refractivity contribution in [2.24, 2.45) is 0 Å². The summed E-state index contributed by atoms with van der Waals surface area (Å²) >= 11 is 0. The van der Waals surface area contributed by atoms with Gasteiger partial charge in [0.2, 0.25) is 0 Å². The van der Waals surface area contributed by atoms with Crippen LogP contribution < -0.4 is 11.1 Å². The zero-order valence-electron chi connectivity index (χ0n) is 10.2. The number of nitrogens with zero attached hydrogens (tertiary/aromatic N) is 4. The molecule has 0 spiro atoms. The predicted octanol–water partition coefficient (Wildman–Crippen LogP) is 1.09. The number of anilines is 2. The molecule has 1 amide bonds. The summed E-state index contributed by atoms with van der Waals surface area (Å²) in [5, 5.41) is 6.85. The summed E-state index contributed by atoms with van der Waals surface area (Å²) in [5.74, 6) is 0.553. The Morgan fingerprint density at radius 1 is 1.39 bits per heavy atom. The minimum Gasteiger partial charge on any atom is -0.382 e. The monoisotopic (exact) mass is 246 g/mol. The molecule has 0 aliphatic carbocycles. The van der Waals surface area contributed by atoms with E-state index in [0.29, 0.717) is 5.82 Å². The molecule has 0 fully saturated rings. The van der Waals surface area contributed by atoms with Crippen molar-refractivity contribution in [3.8, 4) is 0 Å². The number of amides is 1. The van der Waals surface area contributed by atoms with Crippen molar-refractivity contribution in [2.75, 3.05) is 11.1 Å². The van der Waals surface area contributed by atoms with Gasteiger partial charge in [0.15, 0.2) is 0 Å². The Morgan fingerprint density at radius 2 is 2.17 bits per heavy atom. The summed E-state index contributed by atoms with van der Waals surface area (Å²) in [6, 6.07) is 1.88. The second kappa shape index (κ2) is 4.82. The molecule has 2 aromatic heterocycles. The van der Waals surface area contributed by atoms with Crippen molar-refractivity contribution in [2.45, 2.75) is 19.9 Å². The molecule has 0 saturated heterocycles. The third kappa shape index (κ3) is 2.45. The van der Waals surface area contributed by atoms with Gasteiger partial charge in [-0.2, -0.15) is 5.10 Å². The van der Waals surface area contributed by atoms with E-state index in [1.807, 2.05) is 13.8 Å². The standard InChI is InChI=1S/C11H14N6O/c1-7(2)17-10(3-4-15-17)16-11(18)8-5-14-9(12)6-13-8/h3-7H,1-2H3,(H2,12,14)(H,16,18). The van der Waals surface area contributed by atoms with Crippen LogP contribution in [0.2, 0.25) is 0 Å². The second-order valence-electron chi connectivity index (χ2n) is 4.04. The van der Waals surface area contributed by atoms with Crippen molar-refractivity contribution in [1.82, 2.24) is 19.7 Å². The highest BCUT2D eigenvalue weighted by Gasteiger charge is 2.12. The number of rotatable bonds is 3. The number of nitrogen functional groups attached to an aromatic ring is 1. The molecule has 0 unspecified atom stereocenters. The topological polar surface area (TPSA) is 98.7 Å². The molecule has 18 heavy (non-hydrogen) atoms. The average Bonchev–Trinajstić information content (AvgIpc) is 2.78. The molecule has 2 heterocycles. The van der Waals surface area contributed by atoms with Crippen LogP contribution in [0.5, 0.6) is 0 Å². The highest BCUT2D eigenvalue weighted by atomic mass is 16.2. The molecule has 0 saturated carbocycles. The van der Waals surface area contributed by atoms with Gasteiger partial charge in [0.05, 0.1) is 18.6 Å². The Kier molecular flexibility index (Phi) is 3.22. The first-order valence-electron chi connectivity index (χ1n) is 5.50. The van der Waals surface area contributed by atoms with Crippen LogP contribution in [0.1, 0.15) is 30.4 Å². The molecule has 2 aromatic rings. The molecular weight excluding hydrogens is 232 g/mol. The first-order valence-corrected chi connectivity index (χ1v) is 5.50. The average molecular weight is 246 g/mol. The Labute approximate surface area is 104 Å². The SMILES string of the molecule is CC(C)n1nccc1NC(=O)c1cnc(N)cn1. The number of hydrogen-bond donors (Lipinski definition) is 2. The van der Waals surface area contributed by atoms with E-state index in [1.165, 1.54) is 12.4 Å². The lowest BCUT2D eigenvalue weighted by molar-refractivity contribution is 0.102. The fraction of sp³-hybridized carbons (Fsp3) is 0.273. The third-order valence-electron chi connectivity index (χ3n) is 2.31. The van der Waals surface area contributed by atoms with E-state index in [2.05, 4.69) is 20.4 Å². The van der Waals surface area contributed by atoms with Crippen molar-refractivity contribution in [3.05, 3.63) is 30.4 Å². The first kappa shape index (κ1) is 12.0. The Morgan fingerprint density at radius 3 is 2.78 bits per heavy atom. The maximum Gasteiger partial charge on any atom is 0.277 e. The van der Waals surface area contributed by atoms with E-state index >= 15 is 0 Å². The third-order valence-corrected chi connectivity index (χ3v) is 2.31. The largest absolute Gasteiger partial charge is 0.382 e. The van der Waals surface area contributed by atoms with Crippen molar-refractivity contribution < 1.29 is 4.79 Å². The molecule has 0 aromatic carbocycles. The lowest BCUT2D eigenvalue weighted by atomic mass is 10.4. The highest BCUT2D eigenvalue weighted by molar-refractivity contribution is 6.02. The molecule has 7 heteroatoms. The van der Waals surface area contributed by atoms with E-state index < -0.39 is 0 Å². The summed E-state index contributed by atoms with van der Waals surface area (Å²) in [7, 11) is 0. The molecule has 0 aliphatic rings. The molecule has 0 atom stereocenters. The zero-order chi connectivity index (χ0) is 13.1. The molecule has 0 bridgehead atoms. The van der Waals surface area contributed by atoms with E-state index in [9.17, 15) is 4.79 Å². The van der Waals surface area contributed by atoms with Gasteiger partial charge in [-0.05, 0) is 13.8 Å². The first-order chi connectivity index (χ1) is 8.58. The number of nitrogens with one attached hydrogen (secondary N) is 1. The van der Waals surface area contributed by atoms with Gasteiger partial charge in [0.25, 0.3) is 5.91 Å². The predicted molar refractivity (Wildman–Crippen MR) is 67.0 cm³/mol. The number of carbonyl (C=O) groups excluding carboxylic acids is 1. The minimum absolute atomic E-state index is 0.160. The van der Waals surface area contributed by atoms with Crippen molar-refractivity contribution in [1.29, 1.82) is 0 Å². The fourth-order valence-corrected chi connectivity index (χ4v) is 1.46. The Bertz CT molecular complexity index is 545. The van der Waals surface area contributed by atoms with Crippen LogP contribution in [0.3, 0.4) is 0 Å². The normalized spacial score (nSPS) is 10.6. The van der Waals surface area contributed by atoms with Crippen LogP contribution in [-0.2, 0) is 0 Å². The molecule has 94 valence electrons. The van der Waals surface area contributed by atoms with Gasteiger partial charge in [-0.25, -0.2) is 14.6 Å². The maximum absolute atomic E-state index is 11.9. The highest BCUT2D eigenvalue weighted by Crippen LogP contribution is 2.13. The quantitative estimate of drug-likeness (QED) is 0.844. The Hall–Kier alpha value is -2.44. The van der Waals surface area contributed by atoms with Gasteiger partial charge in [-0.15, -0.1) is 0 Å². The van der Waals surface area contributed by atoms with Crippen molar-refractivity contribution >= 4 is 17.5 Å².